The van der Waals surface area contributed by atoms with Gasteiger partial charge in [-0.2, -0.15) is 5.10 Å². The number of aromatic nitrogens is 3. The summed E-state index contributed by atoms with van der Waals surface area (Å²) >= 11 is 0. The maximum Gasteiger partial charge on any atom is 0.276 e. The van der Waals surface area contributed by atoms with E-state index in [4.69, 9.17) is 0 Å². The van der Waals surface area contributed by atoms with E-state index in [-0.39, 0.29) is 5.91 Å². The van der Waals surface area contributed by atoms with Gasteiger partial charge in [0.2, 0.25) is 0 Å². The lowest BCUT2D eigenvalue weighted by Gasteiger charge is -2.27. The zero-order valence-corrected chi connectivity index (χ0v) is 24.3. The summed E-state index contributed by atoms with van der Waals surface area (Å²) in [4.78, 5) is 23.2. The fourth-order valence-corrected chi connectivity index (χ4v) is 6.33. The Labute approximate surface area is 243 Å². The van der Waals surface area contributed by atoms with E-state index >= 15 is 0 Å². The third-order valence-corrected chi connectivity index (χ3v) is 8.64. The maximum atomic E-state index is 13.6. The van der Waals surface area contributed by atoms with Crippen molar-refractivity contribution in [3.63, 3.8) is 0 Å². The highest BCUT2D eigenvalue weighted by Gasteiger charge is 2.18. The summed E-state index contributed by atoms with van der Waals surface area (Å²) in [7, 11) is 0. The van der Waals surface area contributed by atoms with Crippen LogP contribution in [0.3, 0.4) is 0 Å². The molecule has 7 nitrogen and oxygen atoms in total. The first kappa shape index (κ1) is 27.6. The highest BCUT2D eigenvalue weighted by atomic mass is 16.2. The minimum atomic E-state index is -0.190. The Hall–Kier alpha value is -3.55. The van der Waals surface area contributed by atoms with Gasteiger partial charge in [-0.3, -0.25) is 24.7 Å². The second kappa shape index (κ2) is 13.0. The Kier molecular flexibility index (Phi) is 8.73. The van der Waals surface area contributed by atoms with Crippen LogP contribution < -0.4 is 5.32 Å². The molecule has 41 heavy (non-hydrogen) atoms. The molecule has 0 bridgehead atoms. The van der Waals surface area contributed by atoms with Gasteiger partial charge in [-0.1, -0.05) is 43.6 Å². The van der Waals surface area contributed by atoms with E-state index < -0.39 is 0 Å². The highest BCUT2D eigenvalue weighted by Crippen LogP contribution is 2.27. The molecule has 2 aromatic heterocycles. The van der Waals surface area contributed by atoms with Gasteiger partial charge in [0, 0.05) is 42.1 Å². The predicted molar refractivity (Wildman–Crippen MR) is 165 cm³/mol. The Morgan fingerprint density at radius 3 is 2.41 bits per heavy atom. The van der Waals surface area contributed by atoms with Crippen LogP contribution in [0.4, 0.5) is 0 Å². The Morgan fingerprint density at radius 1 is 0.902 bits per heavy atom. The SMILES string of the molecule is CCC1=CC(CN2CCCCC2)=CC(NC(=O)c2n[nH]c3ccc(-c4cncc(CN5CCCCC5)c4)cc23)=CC1. The van der Waals surface area contributed by atoms with Crippen molar-refractivity contribution >= 4 is 16.8 Å². The number of H-pyrrole nitrogens is 1. The van der Waals surface area contributed by atoms with E-state index in [0.717, 1.165) is 79.8 Å². The van der Waals surface area contributed by atoms with E-state index in [1.165, 1.54) is 55.2 Å². The summed E-state index contributed by atoms with van der Waals surface area (Å²) in [5.74, 6) is -0.190. The molecule has 4 heterocycles. The molecule has 0 radical (unpaired) electrons. The number of carbonyl (C=O) groups excluding carboxylic acids is 1. The molecule has 3 aromatic rings. The summed E-state index contributed by atoms with van der Waals surface area (Å²) in [6.07, 6.45) is 20.1. The van der Waals surface area contributed by atoms with Gasteiger partial charge in [0.15, 0.2) is 5.69 Å². The minimum absolute atomic E-state index is 0.190. The molecule has 0 saturated carbocycles. The number of carbonyl (C=O) groups is 1. The Balaban J connectivity index is 1.20. The van der Waals surface area contributed by atoms with E-state index in [2.05, 4.69) is 73.6 Å². The first-order chi connectivity index (χ1) is 20.1. The van der Waals surface area contributed by atoms with Crippen LogP contribution in [-0.2, 0) is 6.54 Å². The van der Waals surface area contributed by atoms with Crippen molar-refractivity contribution in [3.05, 3.63) is 83.0 Å². The number of nitrogens with zero attached hydrogens (tertiary/aromatic N) is 4. The predicted octanol–water partition coefficient (Wildman–Crippen LogP) is 6.38. The van der Waals surface area contributed by atoms with Crippen molar-refractivity contribution in [2.24, 2.45) is 0 Å². The number of allylic oxidation sites excluding steroid dienone is 3. The van der Waals surface area contributed by atoms with Gasteiger partial charge in [-0.25, -0.2) is 0 Å². The van der Waals surface area contributed by atoms with Crippen LogP contribution in [0.2, 0.25) is 0 Å². The van der Waals surface area contributed by atoms with E-state index in [1.807, 2.05) is 18.5 Å². The van der Waals surface area contributed by atoms with Gasteiger partial charge in [0.05, 0.1) is 5.52 Å². The second-order valence-corrected chi connectivity index (χ2v) is 11.8. The number of hydrogen-bond acceptors (Lipinski definition) is 5. The molecular weight excluding hydrogens is 508 g/mol. The summed E-state index contributed by atoms with van der Waals surface area (Å²) < 4.78 is 0. The zero-order valence-electron chi connectivity index (χ0n) is 24.3. The average Bonchev–Trinajstić information content (AvgIpc) is 3.34. The van der Waals surface area contributed by atoms with Crippen LogP contribution in [0.1, 0.15) is 74.3 Å². The van der Waals surface area contributed by atoms with Gasteiger partial charge in [0.25, 0.3) is 5.91 Å². The van der Waals surface area contributed by atoms with Crippen molar-refractivity contribution in [2.75, 3.05) is 32.7 Å². The minimum Gasteiger partial charge on any atom is -0.321 e. The molecule has 1 aromatic carbocycles. The molecule has 2 N–H and O–H groups in total. The molecule has 0 unspecified atom stereocenters. The van der Waals surface area contributed by atoms with Crippen LogP contribution in [0.15, 0.2) is 71.7 Å². The number of piperidine rings is 2. The molecular formula is C34H42N6O. The molecule has 214 valence electrons. The number of benzene rings is 1. The van der Waals surface area contributed by atoms with Crippen molar-refractivity contribution in [1.29, 1.82) is 0 Å². The summed E-state index contributed by atoms with van der Waals surface area (Å²) in [6, 6.07) is 8.37. The number of likely N-dealkylation sites (tertiary alicyclic amines) is 2. The molecule has 2 saturated heterocycles. The van der Waals surface area contributed by atoms with E-state index in [1.54, 1.807) is 0 Å². The first-order valence-electron chi connectivity index (χ1n) is 15.4. The number of rotatable bonds is 8. The monoisotopic (exact) mass is 550 g/mol. The van der Waals surface area contributed by atoms with Crippen molar-refractivity contribution in [2.45, 2.75) is 64.8 Å². The lowest BCUT2D eigenvalue weighted by atomic mass is 10.0. The van der Waals surface area contributed by atoms with E-state index in [0.29, 0.717) is 5.69 Å². The number of amides is 1. The van der Waals surface area contributed by atoms with Crippen LogP contribution >= 0.6 is 0 Å². The maximum absolute atomic E-state index is 13.6. The third kappa shape index (κ3) is 6.85. The fourth-order valence-electron chi connectivity index (χ4n) is 6.33. The first-order valence-corrected chi connectivity index (χ1v) is 15.4. The molecule has 0 spiro atoms. The molecule has 7 heteroatoms. The quantitative estimate of drug-likeness (QED) is 0.341. The zero-order chi connectivity index (χ0) is 28.0. The van der Waals surface area contributed by atoms with Gasteiger partial charge >= 0.3 is 0 Å². The number of pyridine rings is 1. The van der Waals surface area contributed by atoms with Crippen LogP contribution in [0.25, 0.3) is 22.0 Å². The van der Waals surface area contributed by atoms with Crippen LogP contribution in [-0.4, -0.2) is 63.6 Å². The second-order valence-electron chi connectivity index (χ2n) is 11.8. The van der Waals surface area contributed by atoms with Crippen molar-refractivity contribution in [3.8, 4) is 11.1 Å². The van der Waals surface area contributed by atoms with Gasteiger partial charge in [0.1, 0.15) is 0 Å². The number of fused-ring (bicyclic) bond motifs is 1. The molecule has 0 atom stereocenters. The highest BCUT2D eigenvalue weighted by molar-refractivity contribution is 6.06. The summed E-state index contributed by atoms with van der Waals surface area (Å²) in [6.45, 7) is 8.67. The largest absolute Gasteiger partial charge is 0.321 e. The molecule has 1 amide bonds. The molecule has 3 aliphatic rings. The van der Waals surface area contributed by atoms with Gasteiger partial charge in [-0.15, -0.1) is 0 Å². The molecule has 2 fully saturated rings. The lowest BCUT2D eigenvalue weighted by molar-refractivity contribution is 0.0963. The van der Waals surface area contributed by atoms with Gasteiger partial charge < -0.3 is 5.32 Å². The standard InChI is InChI=1S/C34H42N6O/c1-2-25-9-11-30(19-26(17-25)23-39-13-5-3-6-14-39)36-34(41)33-31-20-28(10-12-32(31)37-38-33)29-18-27(21-35-22-29)24-40-15-7-4-8-16-40/h10-12,17-22H,2-9,13-16,23-24H2,1H3,(H,36,41)(H,37,38). The number of aromatic amines is 1. The topological polar surface area (TPSA) is 77.1 Å². The summed E-state index contributed by atoms with van der Waals surface area (Å²) in [5, 5.41) is 11.5. The normalized spacial score (nSPS) is 18.9. The molecule has 2 aliphatic heterocycles. The average molecular weight is 551 g/mol. The van der Waals surface area contributed by atoms with Crippen molar-refractivity contribution < 1.29 is 4.79 Å². The lowest BCUT2D eigenvalue weighted by Crippen LogP contribution is -2.31. The van der Waals surface area contributed by atoms with Crippen LogP contribution in [0, 0.1) is 0 Å². The number of hydrogen-bond donors (Lipinski definition) is 2. The number of nitrogens with one attached hydrogen (secondary N) is 2. The van der Waals surface area contributed by atoms with Crippen LogP contribution in [0.5, 0.6) is 0 Å². The fraction of sp³-hybridized carbons (Fsp3) is 0.441. The van der Waals surface area contributed by atoms with Gasteiger partial charge in [-0.05, 0) is 106 Å². The Bertz CT molecular complexity index is 1470. The summed E-state index contributed by atoms with van der Waals surface area (Å²) in [5.41, 5.74) is 8.09. The Morgan fingerprint density at radius 2 is 1.66 bits per heavy atom. The van der Waals surface area contributed by atoms with E-state index in [9.17, 15) is 4.79 Å². The molecule has 1 aliphatic carbocycles. The third-order valence-electron chi connectivity index (χ3n) is 8.64. The van der Waals surface area contributed by atoms with Crippen molar-refractivity contribution in [1.82, 2.24) is 30.3 Å². The molecule has 6 rings (SSSR count). The smallest absolute Gasteiger partial charge is 0.276 e.